The number of carbonyl (C=O) groups excluding carboxylic acids is 1. The molecule has 0 radical (unpaired) electrons. The molecule has 136 valence electrons. The number of benzene rings is 1. The number of ether oxygens (including phenoxy) is 3. The highest BCUT2D eigenvalue weighted by atomic mass is 16.7. The van der Waals surface area contributed by atoms with Gasteiger partial charge in [0.15, 0.2) is 17.3 Å². The van der Waals surface area contributed by atoms with Crippen LogP contribution in [0.2, 0.25) is 0 Å². The van der Waals surface area contributed by atoms with Crippen molar-refractivity contribution in [3.63, 3.8) is 0 Å². The van der Waals surface area contributed by atoms with Gasteiger partial charge in [-0.3, -0.25) is 4.79 Å². The molecule has 0 aliphatic carbocycles. The van der Waals surface area contributed by atoms with Gasteiger partial charge >= 0.3 is 0 Å². The number of hydrogen-bond acceptors (Lipinski definition) is 9. The zero-order chi connectivity index (χ0) is 18.3. The number of aromatic hydroxyl groups is 1. The molecule has 5 unspecified atom stereocenters. The minimum absolute atomic E-state index is 0.0651. The fourth-order valence-corrected chi connectivity index (χ4v) is 2.70. The normalized spacial score (nSPS) is 33.2. The van der Waals surface area contributed by atoms with E-state index in [0.29, 0.717) is 0 Å². The number of hydrogen-bond donors (Lipinski definition) is 5. The molecule has 0 saturated carbocycles. The van der Waals surface area contributed by atoms with Gasteiger partial charge in [0.1, 0.15) is 24.4 Å². The molecule has 0 bridgehead atoms. The van der Waals surface area contributed by atoms with E-state index in [9.17, 15) is 25.2 Å². The number of allylic oxidation sites excluding steroid dienone is 2. The van der Waals surface area contributed by atoms with Crippen molar-refractivity contribution in [3.05, 3.63) is 29.5 Å². The number of Topliss-reactive ketones (excluding diaryl/α,β-unsaturated/α-hetero) is 1. The van der Waals surface area contributed by atoms with Crippen LogP contribution in [-0.4, -0.2) is 68.6 Å². The SMILES string of the molecule is CC=C1Oc2c(ccc(OC3OC(CO)C(O)C(O)C3O)c2O)C1=O. The number of rotatable bonds is 3. The number of phenolic OH excluding ortho intramolecular Hbond substituents is 1. The summed E-state index contributed by atoms with van der Waals surface area (Å²) in [5, 5.41) is 48.9. The molecule has 1 aromatic rings. The second-order valence-corrected chi connectivity index (χ2v) is 5.69. The van der Waals surface area contributed by atoms with Crippen LogP contribution in [0.5, 0.6) is 17.2 Å². The summed E-state index contributed by atoms with van der Waals surface area (Å²) in [5.74, 6) is -1.03. The first-order valence-electron chi connectivity index (χ1n) is 7.61. The largest absolute Gasteiger partial charge is 0.502 e. The van der Waals surface area contributed by atoms with Crippen molar-refractivity contribution in [2.24, 2.45) is 0 Å². The molecule has 0 spiro atoms. The smallest absolute Gasteiger partial charge is 0.231 e. The van der Waals surface area contributed by atoms with Crippen LogP contribution >= 0.6 is 0 Å². The third kappa shape index (κ3) is 2.86. The summed E-state index contributed by atoms with van der Waals surface area (Å²) < 4.78 is 15.9. The van der Waals surface area contributed by atoms with E-state index in [1.54, 1.807) is 6.92 Å². The molecular formula is C16H18O9. The number of aliphatic hydroxyl groups excluding tert-OH is 4. The van der Waals surface area contributed by atoms with Crippen molar-refractivity contribution in [2.45, 2.75) is 37.6 Å². The fraction of sp³-hybridized carbons (Fsp3) is 0.438. The lowest BCUT2D eigenvalue weighted by Crippen LogP contribution is -2.60. The first kappa shape index (κ1) is 17.6. The highest BCUT2D eigenvalue weighted by Gasteiger charge is 2.45. The summed E-state index contributed by atoms with van der Waals surface area (Å²) in [7, 11) is 0. The van der Waals surface area contributed by atoms with Gasteiger partial charge in [-0.25, -0.2) is 0 Å². The van der Waals surface area contributed by atoms with E-state index in [2.05, 4.69) is 0 Å². The molecule has 25 heavy (non-hydrogen) atoms. The van der Waals surface area contributed by atoms with Crippen molar-refractivity contribution in [3.8, 4) is 17.2 Å². The van der Waals surface area contributed by atoms with Gasteiger partial charge in [0.05, 0.1) is 12.2 Å². The maximum atomic E-state index is 12.0. The van der Waals surface area contributed by atoms with Crippen molar-refractivity contribution in [1.82, 2.24) is 0 Å². The maximum Gasteiger partial charge on any atom is 0.231 e. The van der Waals surface area contributed by atoms with Crippen molar-refractivity contribution in [1.29, 1.82) is 0 Å². The Hall–Kier alpha value is -2.17. The molecule has 1 aromatic carbocycles. The number of phenols is 1. The van der Waals surface area contributed by atoms with Crippen molar-refractivity contribution < 1.29 is 44.5 Å². The van der Waals surface area contributed by atoms with Crippen LogP contribution < -0.4 is 9.47 Å². The Morgan fingerprint density at radius 1 is 1.20 bits per heavy atom. The molecule has 5 atom stereocenters. The lowest BCUT2D eigenvalue weighted by Gasteiger charge is -2.39. The molecule has 1 fully saturated rings. The van der Waals surface area contributed by atoms with E-state index in [1.165, 1.54) is 18.2 Å². The summed E-state index contributed by atoms with van der Waals surface area (Å²) >= 11 is 0. The van der Waals surface area contributed by atoms with Gasteiger partial charge in [-0.1, -0.05) is 0 Å². The topological polar surface area (TPSA) is 146 Å². The van der Waals surface area contributed by atoms with E-state index in [-0.39, 0.29) is 28.6 Å². The lowest BCUT2D eigenvalue weighted by molar-refractivity contribution is -0.277. The Kier molecular flexibility index (Phi) is 4.67. The first-order chi connectivity index (χ1) is 11.9. The zero-order valence-electron chi connectivity index (χ0n) is 13.2. The Morgan fingerprint density at radius 3 is 2.56 bits per heavy atom. The number of ketones is 1. The van der Waals surface area contributed by atoms with Gasteiger partial charge in [-0.05, 0) is 25.1 Å². The average molecular weight is 354 g/mol. The molecule has 5 N–H and O–H groups in total. The van der Waals surface area contributed by atoms with E-state index in [4.69, 9.17) is 19.3 Å². The standard InChI is InChI=1S/C16H18O9/c1-2-7-10(18)6-3-4-8(12(20)15(6)23-7)24-16-14(22)13(21)11(19)9(5-17)25-16/h2-4,9,11,13-14,16-17,19-22H,5H2,1H3. The second kappa shape index (κ2) is 6.62. The molecule has 2 heterocycles. The van der Waals surface area contributed by atoms with Gasteiger partial charge in [0, 0.05) is 0 Å². The summed E-state index contributed by atoms with van der Waals surface area (Å²) in [6.07, 6.45) is -5.91. The van der Waals surface area contributed by atoms with E-state index < -0.39 is 43.1 Å². The second-order valence-electron chi connectivity index (χ2n) is 5.69. The Bertz CT molecular complexity index is 712. The third-order valence-corrected chi connectivity index (χ3v) is 4.13. The van der Waals surface area contributed by atoms with Crippen LogP contribution in [0.3, 0.4) is 0 Å². The van der Waals surface area contributed by atoms with Crippen LogP contribution in [0.1, 0.15) is 17.3 Å². The van der Waals surface area contributed by atoms with Crippen molar-refractivity contribution >= 4 is 5.78 Å². The van der Waals surface area contributed by atoms with Crippen LogP contribution in [0.25, 0.3) is 0 Å². The third-order valence-electron chi connectivity index (χ3n) is 4.13. The van der Waals surface area contributed by atoms with Crippen LogP contribution in [0, 0.1) is 0 Å². The van der Waals surface area contributed by atoms with E-state index in [1.807, 2.05) is 0 Å². The summed E-state index contributed by atoms with van der Waals surface area (Å²) in [6.45, 7) is 1.00. The van der Waals surface area contributed by atoms with E-state index >= 15 is 0 Å². The minimum Gasteiger partial charge on any atom is -0.502 e. The molecule has 9 nitrogen and oxygen atoms in total. The van der Waals surface area contributed by atoms with Crippen LogP contribution in [0.4, 0.5) is 0 Å². The van der Waals surface area contributed by atoms with Crippen LogP contribution in [-0.2, 0) is 4.74 Å². The minimum atomic E-state index is -1.63. The lowest BCUT2D eigenvalue weighted by atomic mass is 9.99. The first-order valence-corrected chi connectivity index (χ1v) is 7.61. The fourth-order valence-electron chi connectivity index (χ4n) is 2.70. The quantitative estimate of drug-likeness (QED) is 0.434. The molecule has 2 aliphatic heterocycles. The molecule has 0 aromatic heterocycles. The Labute approximate surface area is 142 Å². The molecule has 3 rings (SSSR count). The molecule has 1 saturated heterocycles. The summed E-state index contributed by atoms with van der Waals surface area (Å²) in [6, 6.07) is 2.67. The molecular weight excluding hydrogens is 336 g/mol. The van der Waals surface area contributed by atoms with Gasteiger partial charge in [0.2, 0.25) is 17.8 Å². The van der Waals surface area contributed by atoms with Gasteiger partial charge in [-0.2, -0.15) is 0 Å². The molecule has 0 amide bonds. The van der Waals surface area contributed by atoms with E-state index in [0.717, 1.165) is 0 Å². The number of carbonyl (C=O) groups is 1. The number of aliphatic hydroxyl groups is 4. The monoisotopic (exact) mass is 354 g/mol. The summed E-state index contributed by atoms with van der Waals surface area (Å²) in [4.78, 5) is 12.0. The average Bonchev–Trinajstić information content (AvgIpc) is 2.94. The summed E-state index contributed by atoms with van der Waals surface area (Å²) in [5.41, 5.74) is 0.159. The number of fused-ring (bicyclic) bond motifs is 1. The maximum absolute atomic E-state index is 12.0. The van der Waals surface area contributed by atoms with Gasteiger partial charge in [-0.15, -0.1) is 0 Å². The Morgan fingerprint density at radius 2 is 1.92 bits per heavy atom. The zero-order valence-corrected chi connectivity index (χ0v) is 13.2. The Balaban J connectivity index is 1.86. The van der Waals surface area contributed by atoms with Gasteiger partial charge in [0.25, 0.3) is 0 Å². The molecule has 2 aliphatic rings. The van der Waals surface area contributed by atoms with Crippen LogP contribution in [0.15, 0.2) is 24.0 Å². The predicted molar refractivity (Wildman–Crippen MR) is 81.2 cm³/mol. The highest BCUT2D eigenvalue weighted by molar-refractivity contribution is 6.13. The predicted octanol–water partition coefficient (Wildman–Crippen LogP) is -0.950. The van der Waals surface area contributed by atoms with Crippen molar-refractivity contribution in [2.75, 3.05) is 6.61 Å². The molecule has 9 heteroatoms. The van der Waals surface area contributed by atoms with Gasteiger partial charge < -0.3 is 39.7 Å². The highest BCUT2D eigenvalue weighted by Crippen LogP contribution is 2.45.